The van der Waals surface area contributed by atoms with Crippen LogP contribution in [0.4, 0.5) is 0 Å². The van der Waals surface area contributed by atoms with Crippen molar-refractivity contribution >= 4 is 6.21 Å². The highest BCUT2D eigenvalue weighted by atomic mass is 16.6. The van der Waals surface area contributed by atoms with E-state index >= 15 is 0 Å². The standard InChI is InChI=1S/C7H8N2O/c1-2-6-3-5-9-10-7(6)8-4-1/h1-2,5,8H,3-4H2. The van der Waals surface area contributed by atoms with Crippen molar-refractivity contribution in [3.63, 3.8) is 0 Å². The van der Waals surface area contributed by atoms with Crippen LogP contribution >= 0.6 is 0 Å². The number of hydrogen-bond acceptors (Lipinski definition) is 3. The van der Waals surface area contributed by atoms with E-state index in [2.05, 4.69) is 22.6 Å². The molecule has 1 N–H and O–H groups in total. The molecule has 2 rings (SSSR count). The van der Waals surface area contributed by atoms with E-state index < -0.39 is 0 Å². The monoisotopic (exact) mass is 136 g/mol. The highest BCUT2D eigenvalue weighted by Gasteiger charge is 2.10. The minimum Gasteiger partial charge on any atom is -0.350 e. The maximum Gasteiger partial charge on any atom is 0.226 e. The van der Waals surface area contributed by atoms with Gasteiger partial charge in [-0.25, -0.2) is 0 Å². The Balaban J connectivity index is 2.25. The molecule has 0 spiro atoms. The van der Waals surface area contributed by atoms with Crippen molar-refractivity contribution in [1.82, 2.24) is 5.32 Å². The van der Waals surface area contributed by atoms with Gasteiger partial charge in [0, 0.05) is 24.8 Å². The summed E-state index contributed by atoms with van der Waals surface area (Å²) in [6.45, 7) is 0.842. The van der Waals surface area contributed by atoms with Crippen LogP contribution in [-0.2, 0) is 4.84 Å². The van der Waals surface area contributed by atoms with Crippen molar-refractivity contribution in [2.75, 3.05) is 6.54 Å². The first-order valence-corrected chi connectivity index (χ1v) is 3.29. The van der Waals surface area contributed by atoms with E-state index in [4.69, 9.17) is 4.84 Å². The fourth-order valence-corrected chi connectivity index (χ4v) is 1.02. The number of allylic oxidation sites excluding steroid dienone is 2. The average Bonchev–Trinajstić information content (AvgIpc) is 2.05. The summed E-state index contributed by atoms with van der Waals surface area (Å²) in [7, 11) is 0. The van der Waals surface area contributed by atoms with Crippen LogP contribution in [0, 0.1) is 0 Å². The van der Waals surface area contributed by atoms with Gasteiger partial charge in [-0.1, -0.05) is 17.3 Å². The van der Waals surface area contributed by atoms with Gasteiger partial charge < -0.3 is 10.2 Å². The lowest BCUT2D eigenvalue weighted by Crippen LogP contribution is -2.21. The molecule has 0 radical (unpaired) electrons. The van der Waals surface area contributed by atoms with E-state index in [1.54, 1.807) is 6.21 Å². The first-order valence-electron chi connectivity index (χ1n) is 3.29. The second-order valence-corrected chi connectivity index (χ2v) is 2.22. The molecule has 2 aliphatic rings. The van der Waals surface area contributed by atoms with Gasteiger partial charge in [-0.2, -0.15) is 0 Å². The second kappa shape index (κ2) is 2.17. The normalized spacial score (nSPS) is 21.6. The summed E-state index contributed by atoms with van der Waals surface area (Å²) in [4.78, 5) is 4.97. The first-order chi connectivity index (χ1) is 4.97. The summed E-state index contributed by atoms with van der Waals surface area (Å²) in [5.74, 6) is 0.810. The summed E-state index contributed by atoms with van der Waals surface area (Å²) >= 11 is 0. The quantitative estimate of drug-likeness (QED) is 0.533. The molecule has 0 aromatic rings. The molecule has 0 saturated heterocycles. The zero-order valence-electron chi connectivity index (χ0n) is 5.50. The van der Waals surface area contributed by atoms with Gasteiger partial charge in [0.15, 0.2) is 0 Å². The molecule has 0 bridgehead atoms. The topological polar surface area (TPSA) is 33.6 Å². The maximum absolute atomic E-state index is 4.97. The van der Waals surface area contributed by atoms with Gasteiger partial charge in [-0.05, 0) is 0 Å². The van der Waals surface area contributed by atoms with Crippen molar-refractivity contribution in [2.24, 2.45) is 5.16 Å². The van der Waals surface area contributed by atoms with Gasteiger partial charge in [0.25, 0.3) is 0 Å². The molecule has 0 aromatic heterocycles. The van der Waals surface area contributed by atoms with Gasteiger partial charge >= 0.3 is 0 Å². The Labute approximate surface area is 59.1 Å². The van der Waals surface area contributed by atoms with Gasteiger partial charge in [0.2, 0.25) is 5.88 Å². The number of rotatable bonds is 0. The van der Waals surface area contributed by atoms with Crippen molar-refractivity contribution in [3.05, 3.63) is 23.6 Å². The van der Waals surface area contributed by atoms with Crippen molar-refractivity contribution < 1.29 is 4.84 Å². The van der Waals surface area contributed by atoms with Crippen LogP contribution in [0.1, 0.15) is 6.42 Å². The van der Waals surface area contributed by atoms with E-state index in [-0.39, 0.29) is 0 Å². The molecule has 0 aromatic carbocycles. The van der Waals surface area contributed by atoms with Crippen LogP contribution in [0.3, 0.4) is 0 Å². The number of hydrogen-bond donors (Lipinski definition) is 1. The third kappa shape index (κ3) is 0.795. The van der Waals surface area contributed by atoms with Crippen LogP contribution in [0.2, 0.25) is 0 Å². The van der Waals surface area contributed by atoms with Crippen LogP contribution in [0.15, 0.2) is 28.8 Å². The van der Waals surface area contributed by atoms with Crippen molar-refractivity contribution in [3.8, 4) is 0 Å². The largest absolute Gasteiger partial charge is 0.350 e. The fourth-order valence-electron chi connectivity index (χ4n) is 1.02. The minimum atomic E-state index is 0.810. The lowest BCUT2D eigenvalue weighted by molar-refractivity contribution is 0.197. The van der Waals surface area contributed by atoms with Crippen LogP contribution < -0.4 is 5.32 Å². The van der Waals surface area contributed by atoms with Gasteiger partial charge in [-0.3, -0.25) is 0 Å². The van der Waals surface area contributed by atoms with Gasteiger partial charge in [-0.15, -0.1) is 0 Å². The minimum absolute atomic E-state index is 0.810. The fraction of sp³-hybridized carbons (Fsp3) is 0.286. The third-order valence-electron chi connectivity index (χ3n) is 1.52. The third-order valence-corrected chi connectivity index (χ3v) is 1.52. The maximum atomic E-state index is 4.97. The van der Waals surface area contributed by atoms with Gasteiger partial charge in [0.1, 0.15) is 0 Å². The Morgan fingerprint density at radius 3 is 3.50 bits per heavy atom. The highest BCUT2D eigenvalue weighted by molar-refractivity contribution is 5.63. The van der Waals surface area contributed by atoms with Crippen LogP contribution in [-0.4, -0.2) is 12.8 Å². The molecule has 0 unspecified atom stereocenters. The highest BCUT2D eigenvalue weighted by Crippen LogP contribution is 2.15. The predicted molar refractivity (Wildman–Crippen MR) is 38.4 cm³/mol. The molecule has 0 fully saturated rings. The number of oxime groups is 1. The lowest BCUT2D eigenvalue weighted by atomic mass is 10.1. The van der Waals surface area contributed by atoms with E-state index in [1.807, 2.05) is 0 Å². The summed E-state index contributed by atoms with van der Waals surface area (Å²) in [5.41, 5.74) is 1.18. The van der Waals surface area contributed by atoms with E-state index in [9.17, 15) is 0 Å². The Hall–Kier alpha value is -1.25. The molecule has 10 heavy (non-hydrogen) atoms. The molecule has 0 atom stereocenters. The van der Waals surface area contributed by atoms with E-state index in [0.717, 1.165) is 18.8 Å². The second-order valence-electron chi connectivity index (χ2n) is 2.22. The van der Waals surface area contributed by atoms with Crippen molar-refractivity contribution in [1.29, 1.82) is 0 Å². The van der Waals surface area contributed by atoms with Crippen LogP contribution in [0.5, 0.6) is 0 Å². The molecular formula is C7H8N2O. The van der Waals surface area contributed by atoms with E-state index in [1.165, 1.54) is 5.57 Å². The van der Waals surface area contributed by atoms with E-state index in [0.29, 0.717) is 0 Å². The summed E-state index contributed by atoms with van der Waals surface area (Å²) in [6, 6.07) is 0. The molecule has 0 saturated carbocycles. The molecule has 3 nitrogen and oxygen atoms in total. The molecule has 2 heterocycles. The smallest absolute Gasteiger partial charge is 0.226 e. The summed E-state index contributed by atoms with van der Waals surface area (Å²) in [6.07, 6.45) is 6.77. The molecule has 2 aliphatic heterocycles. The number of dihydropyridines is 1. The SMILES string of the molecule is C1=CC2=C(NC1)ON=CC2. The number of nitrogens with zero attached hydrogens (tertiary/aromatic N) is 1. The lowest BCUT2D eigenvalue weighted by Gasteiger charge is -2.16. The Morgan fingerprint density at radius 1 is 1.60 bits per heavy atom. The molecule has 0 aliphatic carbocycles. The molecule has 52 valence electrons. The summed E-state index contributed by atoms with van der Waals surface area (Å²) in [5, 5.41) is 6.76. The zero-order valence-corrected chi connectivity index (χ0v) is 5.50. The first kappa shape index (κ1) is 5.53. The average molecular weight is 136 g/mol. The van der Waals surface area contributed by atoms with Crippen LogP contribution in [0.25, 0.3) is 0 Å². The Morgan fingerprint density at radius 2 is 2.60 bits per heavy atom. The Kier molecular flexibility index (Phi) is 1.20. The molecular weight excluding hydrogens is 128 g/mol. The molecule has 0 amide bonds. The molecule has 3 heteroatoms. The number of nitrogens with one attached hydrogen (secondary N) is 1. The van der Waals surface area contributed by atoms with Crippen molar-refractivity contribution in [2.45, 2.75) is 6.42 Å². The zero-order chi connectivity index (χ0) is 6.81. The predicted octanol–water partition coefficient (Wildman–Crippen LogP) is 0.763. The summed E-state index contributed by atoms with van der Waals surface area (Å²) < 4.78 is 0. The Bertz CT molecular complexity index is 228. The van der Waals surface area contributed by atoms with Gasteiger partial charge in [0.05, 0.1) is 0 Å².